The molecule has 2 rings (SSSR count). The van der Waals surface area contributed by atoms with E-state index in [0.29, 0.717) is 19.0 Å². The molecule has 0 spiro atoms. The van der Waals surface area contributed by atoms with Crippen molar-refractivity contribution < 1.29 is 18.0 Å². The lowest BCUT2D eigenvalue weighted by Crippen LogP contribution is -2.29. The van der Waals surface area contributed by atoms with Crippen molar-refractivity contribution in [3.8, 4) is 0 Å². The van der Waals surface area contributed by atoms with Crippen molar-refractivity contribution in [1.82, 2.24) is 4.98 Å². The Morgan fingerprint density at radius 2 is 2.06 bits per heavy atom. The number of primary amides is 1. The van der Waals surface area contributed by atoms with E-state index in [-0.39, 0.29) is 10.7 Å². The molecule has 1 saturated carbocycles. The molecule has 2 N–H and O–H groups in total. The number of pyridine rings is 1. The quantitative estimate of drug-likeness (QED) is 0.891. The Balaban J connectivity index is 2.43. The molecule has 0 unspecified atom stereocenters. The molecule has 0 atom stereocenters. The number of carbonyl (C=O) groups excluding carboxylic acids is 1. The summed E-state index contributed by atoms with van der Waals surface area (Å²) in [6.07, 6.45) is -2.89. The summed E-state index contributed by atoms with van der Waals surface area (Å²) in [5, 5.41) is -0.170. The van der Waals surface area contributed by atoms with Crippen molar-refractivity contribution in [2.45, 2.75) is 24.4 Å². The average Bonchev–Trinajstić information content (AvgIpc) is 2.96. The van der Waals surface area contributed by atoms with Gasteiger partial charge < -0.3 is 5.73 Å². The maximum Gasteiger partial charge on any atom is 0.417 e. The minimum absolute atomic E-state index is 0.139. The zero-order valence-electron chi connectivity index (χ0n) is 8.51. The largest absolute Gasteiger partial charge is 0.417 e. The van der Waals surface area contributed by atoms with Gasteiger partial charge in [0, 0.05) is 6.20 Å². The molecule has 1 amide bonds. The van der Waals surface area contributed by atoms with Crippen LogP contribution in [0, 0.1) is 0 Å². The number of aromatic nitrogens is 1. The molecule has 92 valence electrons. The van der Waals surface area contributed by atoms with Crippen LogP contribution in [0.15, 0.2) is 12.3 Å². The van der Waals surface area contributed by atoms with Gasteiger partial charge in [-0.1, -0.05) is 11.6 Å². The standard InChI is InChI=1S/C10H8ClF3N2O/c11-6-3-5(10(12,13)14)4-16-7(6)9(1-2-9)8(15)17/h3-4H,1-2H2,(H2,15,17). The smallest absolute Gasteiger partial charge is 0.369 e. The van der Waals surface area contributed by atoms with E-state index >= 15 is 0 Å². The molecular weight excluding hydrogens is 257 g/mol. The number of carbonyl (C=O) groups is 1. The number of nitrogens with two attached hydrogens (primary N) is 1. The minimum Gasteiger partial charge on any atom is -0.369 e. The van der Waals surface area contributed by atoms with Crippen molar-refractivity contribution in [3.63, 3.8) is 0 Å². The minimum atomic E-state index is -4.50. The molecule has 0 bridgehead atoms. The molecule has 0 saturated heterocycles. The van der Waals surface area contributed by atoms with Crippen molar-refractivity contribution in [2.75, 3.05) is 0 Å². The maximum absolute atomic E-state index is 12.4. The van der Waals surface area contributed by atoms with Gasteiger partial charge in [0.1, 0.15) is 0 Å². The lowest BCUT2D eigenvalue weighted by Gasteiger charge is -2.14. The van der Waals surface area contributed by atoms with Gasteiger partial charge >= 0.3 is 6.18 Å². The lowest BCUT2D eigenvalue weighted by molar-refractivity contribution is -0.137. The van der Waals surface area contributed by atoms with E-state index in [4.69, 9.17) is 17.3 Å². The Bertz CT molecular complexity index is 483. The zero-order chi connectivity index (χ0) is 12.8. The number of nitrogens with zero attached hydrogens (tertiary/aromatic N) is 1. The van der Waals surface area contributed by atoms with Gasteiger partial charge in [0.05, 0.1) is 21.7 Å². The van der Waals surface area contributed by atoms with Crippen LogP contribution in [-0.4, -0.2) is 10.9 Å². The summed E-state index contributed by atoms with van der Waals surface area (Å²) in [5.74, 6) is -0.605. The molecule has 1 fully saturated rings. The van der Waals surface area contributed by atoms with Crippen LogP contribution in [0.1, 0.15) is 24.1 Å². The van der Waals surface area contributed by atoms with Crippen LogP contribution < -0.4 is 5.73 Å². The first kappa shape index (κ1) is 12.2. The molecule has 1 aromatic rings. The zero-order valence-corrected chi connectivity index (χ0v) is 9.27. The topological polar surface area (TPSA) is 56.0 Å². The Morgan fingerprint density at radius 1 is 1.47 bits per heavy atom. The van der Waals surface area contributed by atoms with Gasteiger partial charge in [-0.05, 0) is 18.9 Å². The summed E-state index contributed by atoms with van der Waals surface area (Å²) in [7, 11) is 0. The van der Waals surface area contributed by atoms with Gasteiger partial charge in [0.2, 0.25) is 5.91 Å². The Morgan fingerprint density at radius 3 is 2.41 bits per heavy atom. The maximum atomic E-state index is 12.4. The second-order valence-electron chi connectivity index (χ2n) is 4.00. The predicted octanol–water partition coefficient (Wildman–Crippen LogP) is 2.27. The molecule has 1 heterocycles. The fourth-order valence-corrected chi connectivity index (χ4v) is 2.02. The Kier molecular flexibility index (Phi) is 2.57. The van der Waals surface area contributed by atoms with Gasteiger partial charge in [-0.25, -0.2) is 0 Å². The summed E-state index contributed by atoms with van der Waals surface area (Å²) in [5.41, 5.74) is 3.43. The lowest BCUT2D eigenvalue weighted by atomic mass is 10.0. The van der Waals surface area contributed by atoms with Gasteiger partial charge in [-0.15, -0.1) is 0 Å². The summed E-state index contributed by atoms with van der Waals surface area (Å²) < 4.78 is 37.1. The number of hydrogen-bond acceptors (Lipinski definition) is 2. The molecule has 1 aliphatic carbocycles. The average molecular weight is 265 g/mol. The summed E-state index contributed by atoms with van der Waals surface area (Å²) >= 11 is 5.73. The summed E-state index contributed by atoms with van der Waals surface area (Å²) in [6.45, 7) is 0. The second-order valence-corrected chi connectivity index (χ2v) is 4.41. The number of alkyl halides is 3. The third-order valence-electron chi connectivity index (χ3n) is 2.84. The van der Waals surface area contributed by atoms with Crippen LogP contribution >= 0.6 is 11.6 Å². The van der Waals surface area contributed by atoms with Crippen LogP contribution in [0.3, 0.4) is 0 Å². The Labute approximate surface area is 99.8 Å². The van der Waals surface area contributed by atoms with E-state index in [1.807, 2.05) is 0 Å². The van der Waals surface area contributed by atoms with Gasteiger partial charge in [0.15, 0.2) is 0 Å². The molecule has 17 heavy (non-hydrogen) atoms. The predicted molar refractivity (Wildman–Crippen MR) is 54.4 cm³/mol. The highest BCUT2D eigenvalue weighted by Gasteiger charge is 2.52. The second kappa shape index (κ2) is 3.60. The van der Waals surface area contributed by atoms with E-state index in [9.17, 15) is 18.0 Å². The van der Waals surface area contributed by atoms with Gasteiger partial charge in [-0.3, -0.25) is 9.78 Å². The van der Waals surface area contributed by atoms with Crippen molar-refractivity contribution in [2.24, 2.45) is 5.73 Å². The highest BCUT2D eigenvalue weighted by Crippen LogP contribution is 2.49. The summed E-state index contributed by atoms with van der Waals surface area (Å²) in [4.78, 5) is 14.9. The number of amides is 1. The number of rotatable bonds is 2. The third-order valence-corrected chi connectivity index (χ3v) is 3.13. The van der Waals surface area contributed by atoms with Crippen LogP contribution in [0.25, 0.3) is 0 Å². The fourth-order valence-electron chi connectivity index (χ4n) is 1.67. The van der Waals surface area contributed by atoms with E-state index in [1.54, 1.807) is 0 Å². The molecule has 1 aromatic heterocycles. The first-order valence-corrected chi connectivity index (χ1v) is 5.18. The normalized spacial score (nSPS) is 17.9. The third kappa shape index (κ3) is 1.97. The van der Waals surface area contributed by atoms with Crippen LogP contribution in [0.5, 0.6) is 0 Å². The first-order valence-electron chi connectivity index (χ1n) is 4.80. The van der Waals surface area contributed by atoms with Crippen LogP contribution in [0.2, 0.25) is 5.02 Å². The van der Waals surface area contributed by atoms with E-state index < -0.39 is 23.1 Å². The monoisotopic (exact) mass is 264 g/mol. The molecule has 0 aromatic carbocycles. The molecule has 1 aliphatic rings. The van der Waals surface area contributed by atoms with E-state index in [2.05, 4.69) is 4.98 Å². The Hall–Kier alpha value is -1.30. The molecule has 7 heteroatoms. The van der Waals surface area contributed by atoms with E-state index in [0.717, 1.165) is 6.07 Å². The fraction of sp³-hybridized carbons (Fsp3) is 0.400. The first-order chi connectivity index (χ1) is 7.77. The number of hydrogen-bond donors (Lipinski definition) is 1. The molecule has 0 aliphatic heterocycles. The number of halogens is 4. The van der Waals surface area contributed by atoms with Crippen LogP contribution in [-0.2, 0) is 16.4 Å². The SMILES string of the molecule is NC(=O)C1(c2ncc(C(F)(F)F)cc2Cl)CC1. The molecule has 0 radical (unpaired) electrons. The highest BCUT2D eigenvalue weighted by atomic mass is 35.5. The van der Waals surface area contributed by atoms with Gasteiger partial charge in [0.25, 0.3) is 0 Å². The summed E-state index contributed by atoms with van der Waals surface area (Å²) in [6, 6.07) is 0.771. The van der Waals surface area contributed by atoms with Crippen molar-refractivity contribution in [1.29, 1.82) is 0 Å². The highest BCUT2D eigenvalue weighted by molar-refractivity contribution is 6.31. The molecular formula is C10H8ClF3N2O. The van der Waals surface area contributed by atoms with Gasteiger partial charge in [-0.2, -0.15) is 13.2 Å². The molecule has 3 nitrogen and oxygen atoms in total. The van der Waals surface area contributed by atoms with E-state index in [1.165, 1.54) is 0 Å². The van der Waals surface area contributed by atoms with Crippen molar-refractivity contribution in [3.05, 3.63) is 28.5 Å². The van der Waals surface area contributed by atoms with Crippen LogP contribution in [0.4, 0.5) is 13.2 Å². The van der Waals surface area contributed by atoms with Crippen molar-refractivity contribution >= 4 is 17.5 Å².